The summed E-state index contributed by atoms with van der Waals surface area (Å²) in [6.07, 6.45) is -2.76. The third-order valence-corrected chi connectivity index (χ3v) is 5.78. The van der Waals surface area contributed by atoms with Gasteiger partial charge in [-0.3, -0.25) is 0 Å². The fraction of sp³-hybridized carbons (Fsp3) is 0.222. The maximum Gasteiger partial charge on any atom is 0.206 e. The van der Waals surface area contributed by atoms with E-state index in [4.69, 9.17) is 0 Å². The SMILES string of the molecule is CCN(C(=O)[O-])c1ccc(S(=O)(=O)c2ccc(N(CC)C(=O)[O-])cc2)cc1. The van der Waals surface area contributed by atoms with Gasteiger partial charge in [0, 0.05) is 24.5 Å². The molecule has 8 nitrogen and oxygen atoms in total. The van der Waals surface area contributed by atoms with Crippen LogP contribution in [-0.2, 0) is 9.84 Å². The van der Waals surface area contributed by atoms with Crippen molar-refractivity contribution in [3.8, 4) is 0 Å². The Morgan fingerprint density at radius 3 is 1.26 bits per heavy atom. The zero-order chi connectivity index (χ0) is 20.2. The van der Waals surface area contributed by atoms with Gasteiger partial charge >= 0.3 is 0 Å². The Hall–Kier alpha value is -3.07. The van der Waals surface area contributed by atoms with Gasteiger partial charge in [0.05, 0.1) is 9.79 Å². The molecule has 2 aromatic rings. The molecular formula is C18H18N2O6S-2. The molecule has 144 valence electrons. The molecular weight excluding hydrogens is 372 g/mol. The predicted molar refractivity (Wildman–Crippen MR) is 95.2 cm³/mol. The molecule has 0 spiro atoms. The second-order valence-electron chi connectivity index (χ2n) is 5.51. The Kier molecular flexibility index (Phi) is 6.06. The summed E-state index contributed by atoms with van der Waals surface area (Å²) < 4.78 is 25.4. The normalized spacial score (nSPS) is 11.0. The number of rotatable bonds is 6. The van der Waals surface area contributed by atoms with E-state index in [2.05, 4.69) is 0 Å². The number of amides is 2. The first-order valence-electron chi connectivity index (χ1n) is 8.14. The lowest BCUT2D eigenvalue weighted by molar-refractivity contribution is -0.247. The van der Waals surface area contributed by atoms with Gasteiger partial charge in [0.25, 0.3) is 0 Å². The van der Waals surface area contributed by atoms with Crippen LogP contribution in [0.5, 0.6) is 0 Å². The number of anilines is 2. The summed E-state index contributed by atoms with van der Waals surface area (Å²) in [4.78, 5) is 24.0. The summed E-state index contributed by atoms with van der Waals surface area (Å²) in [5.74, 6) is 0. The van der Waals surface area contributed by atoms with Crippen molar-refractivity contribution < 1.29 is 28.2 Å². The molecule has 0 fully saturated rings. The van der Waals surface area contributed by atoms with Crippen molar-refractivity contribution in [3.63, 3.8) is 0 Å². The quantitative estimate of drug-likeness (QED) is 0.721. The van der Waals surface area contributed by atoms with E-state index in [1.807, 2.05) is 0 Å². The van der Waals surface area contributed by atoms with E-state index in [9.17, 15) is 28.2 Å². The fourth-order valence-electron chi connectivity index (χ4n) is 2.58. The van der Waals surface area contributed by atoms with Gasteiger partial charge < -0.3 is 29.6 Å². The summed E-state index contributed by atoms with van der Waals surface area (Å²) in [6.45, 7) is 3.60. The average molecular weight is 390 g/mol. The number of carboxylic acid groups (broad SMARTS) is 2. The van der Waals surface area contributed by atoms with Gasteiger partial charge in [0.1, 0.15) is 12.2 Å². The summed E-state index contributed by atoms with van der Waals surface area (Å²) in [5, 5.41) is 22.1. The highest BCUT2D eigenvalue weighted by molar-refractivity contribution is 7.91. The van der Waals surface area contributed by atoms with Gasteiger partial charge in [-0.05, 0) is 62.4 Å². The van der Waals surface area contributed by atoms with Crippen molar-refractivity contribution in [1.29, 1.82) is 0 Å². The van der Waals surface area contributed by atoms with Crippen molar-refractivity contribution in [2.24, 2.45) is 0 Å². The van der Waals surface area contributed by atoms with Gasteiger partial charge in [-0.15, -0.1) is 0 Å². The van der Waals surface area contributed by atoms with Crippen molar-refractivity contribution in [2.75, 3.05) is 22.9 Å². The van der Waals surface area contributed by atoms with Gasteiger partial charge in [0.15, 0.2) is 0 Å². The monoisotopic (exact) mass is 390 g/mol. The summed E-state index contributed by atoms with van der Waals surface area (Å²) in [6, 6.07) is 10.8. The van der Waals surface area contributed by atoms with E-state index >= 15 is 0 Å². The van der Waals surface area contributed by atoms with Crippen molar-refractivity contribution in [1.82, 2.24) is 0 Å². The second kappa shape index (κ2) is 8.09. The topological polar surface area (TPSA) is 121 Å². The molecule has 2 rings (SSSR count). The lowest BCUT2D eigenvalue weighted by atomic mass is 10.3. The van der Waals surface area contributed by atoms with Crippen LogP contribution in [0.25, 0.3) is 0 Å². The summed E-state index contributed by atoms with van der Waals surface area (Å²) in [5.41, 5.74) is 0.610. The minimum atomic E-state index is -3.84. The van der Waals surface area contributed by atoms with E-state index < -0.39 is 22.0 Å². The molecule has 0 bridgehead atoms. The molecule has 0 N–H and O–H groups in total. The zero-order valence-electron chi connectivity index (χ0n) is 14.8. The first-order chi connectivity index (χ1) is 12.7. The van der Waals surface area contributed by atoms with Crippen LogP contribution in [0.15, 0.2) is 58.3 Å². The number of nitrogens with zero attached hydrogens (tertiary/aromatic N) is 2. The Balaban J connectivity index is 2.33. The highest BCUT2D eigenvalue weighted by Crippen LogP contribution is 2.25. The predicted octanol–water partition coefficient (Wildman–Crippen LogP) is 0.859. The molecule has 0 heterocycles. The van der Waals surface area contributed by atoms with E-state index in [1.54, 1.807) is 13.8 Å². The van der Waals surface area contributed by atoms with E-state index in [0.29, 0.717) is 11.4 Å². The Morgan fingerprint density at radius 1 is 0.741 bits per heavy atom. The number of hydrogen-bond donors (Lipinski definition) is 0. The molecule has 9 heteroatoms. The van der Waals surface area contributed by atoms with Crippen LogP contribution < -0.4 is 20.0 Å². The molecule has 0 saturated heterocycles. The van der Waals surface area contributed by atoms with Crippen molar-refractivity contribution in [3.05, 3.63) is 48.5 Å². The van der Waals surface area contributed by atoms with Crippen LogP contribution in [0.4, 0.5) is 21.0 Å². The number of carbonyl (C=O) groups excluding carboxylic acids is 2. The summed E-state index contributed by atoms with van der Waals surface area (Å²) in [7, 11) is -3.84. The van der Waals surface area contributed by atoms with Gasteiger partial charge in [-0.25, -0.2) is 8.42 Å². The average Bonchev–Trinajstić information content (AvgIpc) is 2.63. The van der Waals surface area contributed by atoms with Crippen LogP contribution in [0.2, 0.25) is 0 Å². The Labute approximate surface area is 157 Å². The minimum Gasteiger partial charge on any atom is -0.530 e. The second-order valence-corrected chi connectivity index (χ2v) is 7.46. The fourth-order valence-corrected chi connectivity index (χ4v) is 3.84. The molecule has 2 aromatic carbocycles. The smallest absolute Gasteiger partial charge is 0.206 e. The third kappa shape index (κ3) is 4.20. The van der Waals surface area contributed by atoms with E-state index in [1.165, 1.54) is 48.5 Å². The maximum atomic E-state index is 12.7. The first kappa shape index (κ1) is 20.2. The minimum absolute atomic E-state index is 0.0133. The number of hydrogen-bond acceptors (Lipinski definition) is 6. The number of sulfone groups is 1. The molecule has 2 amide bonds. The van der Waals surface area contributed by atoms with Crippen LogP contribution >= 0.6 is 0 Å². The van der Waals surface area contributed by atoms with Crippen LogP contribution in [0.3, 0.4) is 0 Å². The molecule has 0 saturated carbocycles. The molecule has 0 radical (unpaired) electrons. The third-order valence-electron chi connectivity index (χ3n) is 3.99. The Bertz CT molecular complexity index is 852. The van der Waals surface area contributed by atoms with E-state index in [-0.39, 0.29) is 22.9 Å². The molecule has 0 unspecified atom stereocenters. The standard InChI is InChI=1S/C18H20N2O6S/c1-3-19(17(21)22)13-5-9-15(10-6-13)27(25,26)16-11-7-14(8-12-16)20(4-2)18(23)24/h5-12H,3-4H2,1-2H3,(H,21,22)(H,23,24)/p-2. The molecule has 0 aliphatic rings. The zero-order valence-corrected chi connectivity index (χ0v) is 15.6. The Morgan fingerprint density at radius 2 is 1.04 bits per heavy atom. The first-order valence-corrected chi connectivity index (χ1v) is 9.63. The van der Waals surface area contributed by atoms with E-state index in [0.717, 1.165) is 9.80 Å². The molecule has 0 aliphatic heterocycles. The van der Waals surface area contributed by atoms with Crippen LogP contribution in [0, 0.1) is 0 Å². The lowest BCUT2D eigenvalue weighted by Gasteiger charge is -2.24. The van der Waals surface area contributed by atoms with Crippen LogP contribution in [0.1, 0.15) is 13.8 Å². The summed E-state index contributed by atoms with van der Waals surface area (Å²) >= 11 is 0. The van der Waals surface area contributed by atoms with Gasteiger partial charge in [-0.1, -0.05) is 0 Å². The van der Waals surface area contributed by atoms with Crippen molar-refractivity contribution in [2.45, 2.75) is 23.6 Å². The maximum absolute atomic E-state index is 12.7. The molecule has 0 aromatic heterocycles. The van der Waals surface area contributed by atoms with Crippen LogP contribution in [-0.4, -0.2) is 33.7 Å². The highest BCUT2D eigenvalue weighted by Gasteiger charge is 2.18. The lowest BCUT2D eigenvalue weighted by Crippen LogP contribution is -2.41. The number of carbonyl (C=O) groups is 2. The molecule has 0 aliphatic carbocycles. The molecule has 0 atom stereocenters. The van der Waals surface area contributed by atoms with Crippen molar-refractivity contribution >= 4 is 33.4 Å². The largest absolute Gasteiger partial charge is 0.530 e. The van der Waals surface area contributed by atoms with Gasteiger partial charge in [0.2, 0.25) is 9.84 Å². The molecule has 27 heavy (non-hydrogen) atoms. The number of benzene rings is 2. The highest BCUT2D eigenvalue weighted by atomic mass is 32.2. The van der Waals surface area contributed by atoms with Gasteiger partial charge in [-0.2, -0.15) is 0 Å².